The summed E-state index contributed by atoms with van der Waals surface area (Å²) in [5, 5.41) is 9.47. The first-order valence-electron chi connectivity index (χ1n) is 22.6. The third-order valence-electron chi connectivity index (χ3n) is 9.97. The third-order valence-corrected chi connectivity index (χ3v) is 9.97. The molecule has 0 aliphatic carbocycles. The van der Waals surface area contributed by atoms with Crippen LogP contribution in [0.25, 0.3) is 0 Å². The lowest BCUT2D eigenvalue weighted by atomic mass is 9.95. The molecule has 7 heteroatoms. The van der Waals surface area contributed by atoms with Gasteiger partial charge in [0.25, 0.3) is 0 Å². The van der Waals surface area contributed by atoms with E-state index in [1.807, 2.05) is 0 Å². The van der Waals surface area contributed by atoms with E-state index in [-0.39, 0.29) is 0 Å². The smallest absolute Gasteiger partial charge is 0.394 e. The molecule has 0 rings (SSSR count). The van der Waals surface area contributed by atoms with Crippen LogP contribution in [0.3, 0.4) is 0 Å². The molecule has 6 nitrogen and oxygen atoms in total. The summed E-state index contributed by atoms with van der Waals surface area (Å²) in [5.41, 5.74) is 0. The highest BCUT2D eigenvalue weighted by molar-refractivity contribution is 7.79. The molecule has 1 unspecified atom stereocenters. The van der Waals surface area contributed by atoms with E-state index in [4.69, 9.17) is 22.3 Å². The number of unbranched alkanes of at least 4 members (excludes halogenated alkanes) is 30. The molecule has 0 heterocycles. The summed E-state index contributed by atoms with van der Waals surface area (Å²) in [5.74, 6) is 0.580. The largest absolute Gasteiger partial charge is 0.396 e. The van der Waals surface area contributed by atoms with Gasteiger partial charge in [-0.25, -0.2) is 0 Å². The summed E-state index contributed by atoms with van der Waals surface area (Å²) in [6.45, 7) is 11.5. The van der Waals surface area contributed by atoms with E-state index in [1.54, 1.807) is 0 Å². The molecule has 0 fully saturated rings. The Balaban J connectivity index is -0.000000805. The lowest BCUT2D eigenvalue weighted by Gasteiger charge is -2.13. The molecule has 51 heavy (non-hydrogen) atoms. The molecular formula is C44H94O6S. The second kappa shape index (κ2) is 49.8. The van der Waals surface area contributed by atoms with Gasteiger partial charge in [0.05, 0.1) is 0 Å². The van der Waals surface area contributed by atoms with E-state index in [9.17, 15) is 5.11 Å². The Labute approximate surface area is 321 Å². The van der Waals surface area contributed by atoms with Crippen LogP contribution < -0.4 is 0 Å². The van der Waals surface area contributed by atoms with E-state index in [2.05, 4.69) is 27.7 Å². The number of aliphatic hydroxyl groups excluding tert-OH is 1. The predicted molar refractivity (Wildman–Crippen MR) is 224 cm³/mol. The van der Waals surface area contributed by atoms with Gasteiger partial charge in [-0.15, -0.1) is 0 Å². The van der Waals surface area contributed by atoms with E-state index >= 15 is 0 Å². The van der Waals surface area contributed by atoms with Crippen LogP contribution in [0, 0.1) is 5.92 Å². The van der Waals surface area contributed by atoms with E-state index in [0.717, 1.165) is 13.2 Å². The number of hydrogen-bond donors (Lipinski definition) is 3. The highest BCUT2D eigenvalue weighted by Crippen LogP contribution is 2.19. The van der Waals surface area contributed by atoms with Gasteiger partial charge in [0.2, 0.25) is 0 Å². The topological polar surface area (TPSA) is 104 Å². The van der Waals surface area contributed by atoms with Gasteiger partial charge < -0.3 is 9.84 Å². The normalized spacial score (nSPS) is 11.9. The summed E-state index contributed by atoms with van der Waals surface area (Å²) in [6, 6.07) is 0. The first-order chi connectivity index (χ1) is 24.8. The van der Waals surface area contributed by atoms with Crippen LogP contribution in [-0.2, 0) is 15.1 Å². The van der Waals surface area contributed by atoms with Gasteiger partial charge in [-0.3, -0.25) is 9.11 Å². The predicted octanol–water partition coefficient (Wildman–Crippen LogP) is 15.1. The summed E-state index contributed by atoms with van der Waals surface area (Å²) in [6.07, 6.45) is 50.0. The molecule has 0 amide bonds. The number of hydrogen-bond acceptors (Lipinski definition) is 4. The van der Waals surface area contributed by atoms with Gasteiger partial charge >= 0.3 is 10.4 Å². The van der Waals surface area contributed by atoms with Gasteiger partial charge in [0.1, 0.15) is 0 Å². The van der Waals surface area contributed by atoms with E-state index < -0.39 is 10.4 Å². The molecular weight excluding hydrogens is 657 g/mol. The average molecular weight is 751 g/mol. The average Bonchev–Trinajstić information content (AvgIpc) is 3.10. The minimum absolute atomic E-state index is 0.408. The van der Waals surface area contributed by atoms with Crippen LogP contribution in [0.2, 0.25) is 0 Å². The van der Waals surface area contributed by atoms with Crippen molar-refractivity contribution in [2.75, 3.05) is 19.8 Å². The third kappa shape index (κ3) is 65.1. The van der Waals surface area contributed by atoms with Crippen molar-refractivity contribution in [3.8, 4) is 0 Å². The van der Waals surface area contributed by atoms with E-state index in [1.165, 1.54) is 231 Å². The molecule has 1 atom stereocenters. The lowest BCUT2D eigenvalue weighted by molar-refractivity contribution is 0.125. The van der Waals surface area contributed by atoms with Crippen molar-refractivity contribution in [2.45, 2.75) is 259 Å². The molecule has 0 aromatic heterocycles. The van der Waals surface area contributed by atoms with Crippen molar-refractivity contribution in [3.63, 3.8) is 0 Å². The molecule has 0 saturated carbocycles. The van der Waals surface area contributed by atoms with Crippen LogP contribution in [0.4, 0.5) is 0 Å². The minimum Gasteiger partial charge on any atom is -0.396 e. The Morgan fingerprint density at radius 2 is 0.569 bits per heavy atom. The van der Waals surface area contributed by atoms with Crippen LogP contribution in [0.1, 0.15) is 259 Å². The zero-order valence-electron chi connectivity index (χ0n) is 35.1. The van der Waals surface area contributed by atoms with Crippen molar-refractivity contribution in [1.29, 1.82) is 0 Å². The van der Waals surface area contributed by atoms with Gasteiger partial charge in [-0.1, -0.05) is 233 Å². The Bertz CT molecular complexity index is 657. The number of rotatable bonds is 39. The fourth-order valence-corrected chi connectivity index (χ4v) is 6.59. The highest BCUT2D eigenvalue weighted by atomic mass is 32.3. The maximum absolute atomic E-state index is 9.47. The Morgan fingerprint density at radius 1 is 0.373 bits per heavy atom. The van der Waals surface area contributed by atoms with Crippen LogP contribution in [0.15, 0.2) is 0 Å². The molecule has 0 aliphatic heterocycles. The fraction of sp³-hybridized carbons (Fsp3) is 1.00. The lowest BCUT2D eigenvalue weighted by Crippen LogP contribution is -2.06. The molecule has 0 aromatic rings. The Morgan fingerprint density at radius 3 is 0.784 bits per heavy atom. The standard InChI is InChI=1S/C24H50O.C20H42O.H2O4S/c1-3-5-7-9-11-13-15-17-19-21-23-25-24-22-20-18-16-14-12-10-8-6-4-2;1-3-5-7-9-11-12-14-16-18-20(19-21)17-15-13-10-8-6-4-2;1-5(2,3)4/h3-24H2,1-2H3;20-21H,3-19H2,1-2H3;(H2,1,2,3,4). The van der Waals surface area contributed by atoms with Crippen molar-refractivity contribution in [1.82, 2.24) is 0 Å². The fourth-order valence-electron chi connectivity index (χ4n) is 6.59. The van der Waals surface area contributed by atoms with Gasteiger partial charge in [0, 0.05) is 19.8 Å². The molecule has 0 aromatic carbocycles. The molecule has 0 aliphatic rings. The second-order valence-electron chi connectivity index (χ2n) is 15.3. The van der Waals surface area contributed by atoms with Gasteiger partial charge in [0.15, 0.2) is 0 Å². The van der Waals surface area contributed by atoms with Crippen molar-refractivity contribution < 1.29 is 27.4 Å². The van der Waals surface area contributed by atoms with Crippen LogP contribution in [-0.4, -0.2) is 42.5 Å². The monoisotopic (exact) mass is 751 g/mol. The van der Waals surface area contributed by atoms with Crippen molar-refractivity contribution >= 4 is 10.4 Å². The van der Waals surface area contributed by atoms with Crippen molar-refractivity contribution in [3.05, 3.63) is 0 Å². The van der Waals surface area contributed by atoms with E-state index in [0.29, 0.717) is 12.5 Å². The summed E-state index contributed by atoms with van der Waals surface area (Å²) in [7, 11) is -4.67. The molecule has 3 N–H and O–H groups in total. The Kier molecular flexibility index (Phi) is 53.8. The number of aliphatic hydroxyl groups is 1. The molecule has 0 bridgehead atoms. The zero-order chi connectivity index (χ0) is 38.4. The summed E-state index contributed by atoms with van der Waals surface area (Å²) >= 11 is 0. The molecule has 312 valence electrons. The second-order valence-corrected chi connectivity index (χ2v) is 16.2. The number of ether oxygens (including phenoxy) is 1. The summed E-state index contributed by atoms with van der Waals surface area (Å²) < 4.78 is 37.4. The minimum atomic E-state index is -4.67. The SMILES string of the molecule is CCCCCCCCCCC(CO)CCCCCCCC.CCCCCCCCCCCCOCCCCCCCCCCCC.O=S(=O)(O)O. The maximum atomic E-state index is 9.47. The first kappa shape index (κ1) is 55.1. The highest BCUT2D eigenvalue weighted by Gasteiger charge is 2.07. The molecule has 0 radical (unpaired) electrons. The molecule has 0 saturated heterocycles. The molecule has 0 spiro atoms. The van der Waals surface area contributed by atoms with Gasteiger partial charge in [-0.05, 0) is 31.6 Å². The first-order valence-corrected chi connectivity index (χ1v) is 24.0. The Hall–Kier alpha value is -0.210. The zero-order valence-corrected chi connectivity index (χ0v) is 35.9. The van der Waals surface area contributed by atoms with Crippen LogP contribution >= 0.6 is 0 Å². The quantitative estimate of drug-likeness (QED) is 0.0427. The van der Waals surface area contributed by atoms with Crippen molar-refractivity contribution in [2.24, 2.45) is 5.92 Å². The van der Waals surface area contributed by atoms with Gasteiger partial charge in [-0.2, -0.15) is 8.42 Å². The van der Waals surface area contributed by atoms with Crippen LogP contribution in [0.5, 0.6) is 0 Å². The maximum Gasteiger partial charge on any atom is 0.394 e. The summed E-state index contributed by atoms with van der Waals surface area (Å²) in [4.78, 5) is 0.